The van der Waals surface area contributed by atoms with Crippen molar-refractivity contribution in [3.05, 3.63) is 71.1 Å². The topological polar surface area (TPSA) is 74.8 Å². The van der Waals surface area contributed by atoms with Crippen molar-refractivity contribution >= 4 is 27.6 Å². The van der Waals surface area contributed by atoms with Gasteiger partial charge in [-0.3, -0.25) is 0 Å². The molecular formula is C17H10N4O. The van der Waals surface area contributed by atoms with Gasteiger partial charge in [0.15, 0.2) is 5.58 Å². The number of oxazole rings is 1. The van der Waals surface area contributed by atoms with E-state index < -0.39 is 0 Å². The third-order valence-corrected chi connectivity index (χ3v) is 3.56. The van der Waals surface area contributed by atoms with Gasteiger partial charge in [0.2, 0.25) is 5.89 Å². The first-order chi connectivity index (χ1) is 10.8. The summed E-state index contributed by atoms with van der Waals surface area (Å²) in [5, 5.41) is 5.76. The van der Waals surface area contributed by atoms with Crippen LogP contribution in [0.25, 0.3) is 43.8 Å². The maximum Gasteiger partial charge on any atom is 0.227 e. The SMILES string of the molecule is [N-]=[N+]=Nc1ccc(-c2nc3c(ccc4ccccc43)o2)cc1. The molecule has 5 nitrogen and oxygen atoms in total. The van der Waals surface area contributed by atoms with Gasteiger partial charge in [0.05, 0.1) is 0 Å². The van der Waals surface area contributed by atoms with Crippen LogP contribution >= 0.6 is 0 Å². The van der Waals surface area contributed by atoms with E-state index in [0.29, 0.717) is 11.6 Å². The maximum atomic E-state index is 8.43. The number of aromatic nitrogens is 1. The van der Waals surface area contributed by atoms with E-state index >= 15 is 0 Å². The second kappa shape index (κ2) is 4.91. The van der Waals surface area contributed by atoms with Crippen LogP contribution in [-0.2, 0) is 0 Å². The van der Waals surface area contributed by atoms with Crippen LogP contribution in [0.15, 0.2) is 70.2 Å². The number of hydrogen-bond donors (Lipinski definition) is 0. The summed E-state index contributed by atoms with van der Waals surface area (Å²) in [6.45, 7) is 0. The first-order valence-electron chi connectivity index (χ1n) is 6.79. The minimum absolute atomic E-state index is 0.554. The Balaban J connectivity index is 1.88. The van der Waals surface area contributed by atoms with Crippen LogP contribution in [0, 0.1) is 0 Å². The van der Waals surface area contributed by atoms with Crippen molar-refractivity contribution in [2.24, 2.45) is 5.11 Å². The molecule has 4 aromatic rings. The largest absolute Gasteiger partial charge is 0.436 e. The van der Waals surface area contributed by atoms with E-state index in [1.165, 1.54) is 0 Å². The lowest BCUT2D eigenvalue weighted by molar-refractivity contribution is 0.620. The molecule has 1 aromatic heterocycles. The number of azide groups is 1. The Morgan fingerprint density at radius 1 is 0.955 bits per heavy atom. The van der Waals surface area contributed by atoms with E-state index in [1.54, 1.807) is 12.1 Å². The number of rotatable bonds is 2. The van der Waals surface area contributed by atoms with E-state index in [0.717, 1.165) is 27.4 Å². The molecule has 5 heteroatoms. The standard InChI is InChI=1S/C17H10N4O/c18-21-20-13-8-5-12(6-9-13)17-19-16-14-4-2-1-3-11(14)7-10-15(16)22-17/h1-10H. The first kappa shape index (κ1) is 12.4. The fraction of sp³-hybridized carbons (Fsp3) is 0. The summed E-state index contributed by atoms with van der Waals surface area (Å²) in [7, 11) is 0. The zero-order valence-corrected chi connectivity index (χ0v) is 11.5. The molecule has 0 amide bonds. The molecule has 0 fully saturated rings. The summed E-state index contributed by atoms with van der Waals surface area (Å²) in [6, 6.07) is 19.2. The molecule has 1 heterocycles. The highest BCUT2D eigenvalue weighted by Crippen LogP contribution is 2.30. The number of fused-ring (bicyclic) bond motifs is 3. The zero-order valence-electron chi connectivity index (χ0n) is 11.5. The van der Waals surface area contributed by atoms with Gasteiger partial charge in [0.1, 0.15) is 5.52 Å². The molecule has 0 atom stereocenters. The average molecular weight is 286 g/mol. The molecule has 0 radical (unpaired) electrons. The van der Waals surface area contributed by atoms with E-state index in [9.17, 15) is 0 Å². The van der Waals surface area contributed by atoms with Crippen molar-refractivity contribution in [2.75, 3.05) is 0 Å². The lowest BCUT2D eigenvalue weighted by Crippen LogP contribution is -1.77. The minimum atomic E-state index is 0.554. The number of benzene rings is 3. The Morgan fingerprint density at radius 2 is 1.77 bits per heavy atom. The molecule has 0 saturated heterocycles. The van der Waals surface area contributed by atoms with Crippen LogP contribution in [0.5, 0.6) is 0 Å². The van der Waals surface area contributed by atoms with Gasteiger partial charge in [-0.25, -0.2) is 4.98 Å². The summed E-state index contributed by atoms with van der Waals surface area (Å²) in [5.41, 5.74) is 11.4. The quantitative estimate of drug-likeness (QED) is 0.273. The van der Waals surface area contributed by atoms with Gasteiger partial charge in [-0.1, -0.05) is 47.6 Å². The van der Waals surface area contributed by atoms with E-state index in [1.807, 2.05) is 42.5 Å². The van der Waals surface area contributed by atoms with Crippen LogP contribution in [-0.4, -0.2) is 4.98 Å². The van der Waals surface area contributed by atoms with Crippen molar-refractivity contribution in [1.82, 2.24) is 4.98 Å². The average Bonchev–Trinajstić information content (AvgIpc) is 3.00. The predicted molar refractivity (Wildman–Crippen MR) is 85.8 cm³/mol. The van der Waals surface area contributed by atoms with Crippen molar-refractivity contribution in [2.45, 2.75) is 0 Å². The van der Waals surface area contributed by atoms with Crippen molar-refractivity contribution in [1.29, 1.82) is 0 Å². The highest BCUT2D eigenvalue weighted by atomic mass is 16.3. The molecule has 0 unspecified atom stereocenters. The number of nitrogens with zero attached hydrogens (tertiary/aromatic N) is 4. The Labute approximate surface area is 125 Å². The summed E-state index contributed by atoms with van der Waals surface area (Å²) in [6.07, 6.45) is 0. The van der Waals surface area contributed by atoms with Crippen LogP contribution < -0.4 is 0 Å². The van der Waals surface area contributed by atoms with Crippen molar-refractivity contribution in [3.8, 4) is 11.5 Å². The summed E-state index contributed by atoms with van der Waals surface area (Å²) >= 11 is 0. The predicted octanol–water partition coefficient (Wildman–Crippen LogP) is 5.59. The molecule has 4 rings (SSSR count). The molecule has 104 valence electrons. The van der Waals surface area contributed by atoms with Gasteiger partial charge in [-0.15, -0.1) is 0 Å². The van der Waals surface area contributed by atoms with E-state index in [4.69, 9.17) is 9.95 Å². The Bertz CT molecular complexity index is 1030. The highest BCUT2D eigenvalue weighted by molar-refractivity contribution is 6.03. The second-order valence-electron chi connectivity index (χ2n) is 4.89. The molecule has 0 saturated carbocycles. The van der Waals surface area contributed by atoms with Gasteiger partial charge in [-0.2, -0.15) is 0 Å². The molecule has 0 aliphatic rings. The Hall–Kier alpha value is -3.30. The summed E-state index contributed by atoms with van der Waals surface area (Å²) in [5.74, 6) is 0.554. The number of hydrogen-bond acceptors (Lipinski definition) is 3. The zero-order chi connectivity index (χ0) is 14.9. The fourth-order valence-electron chi connectivity index (χ4n) is 2.51. The van der Waals surface area contributed by atoms with Crippen LogP contribution in [0.4, 0.5) is 5.69 Å². The second-order valence-corrected chi connectivity index (χ2v) is 4.89. The van der Waals surface area contributed by atoms with Gasteiger partial charge in [0.25, 0.3) is 0 Å². The van der Waals surface area contributed by atoms with Crippen LogP contribution in [0.1, 0.15) is 0 Å². The summed E-state index contributed by atoms with van der Waals surface area (Å²) in [4.78, 5) is 7.38. The molecule has 3 aromatic carbocycles. The molecule has 0 N–H and O–H groups in total. The summed E-state index contributed by atoms with van der Waals surface area (Å²) < 4.78 is 5.85. The van der Waals surface area contributed by atoms with E-state index in [-0.39, 0.29) is 0 Å². The van der Waals surface area contributed by atoms with E-state index in [2.05, 4.69) is 21.1 Å². The van der Waals surface area contributed by atoms with Gasteiger partial charge < -0.3 is 4.42 Å². The molecule has 22 heavy (non-hydrogen) atoms. The molecule has 0 bridgehead atoms. The van der Waals surface area contributed by atoms with Gasteiger partial charge in [-0.05, 0) is 29.1 Å². The van der Waals surface area contributed by atoms with Crippen molar-refractivity contribution < 1.29 is 4.42 Å². The van der Waals surface area contributed by atoms with Gasteiger partial charge in [0, 0.05) is 21.5 Å². The maximum absolute atomic E-state index is 8.43. The third kappa shape index (κ3) is 1.97. The van der Waals surface area contributed by atoms with Crippen LogP contribution in [0.2, 0.25) is 0 Å². The lowest BCUT2D eigenvalue weighted by atomic mass is 10.1. The minimum Gasteiger partial charge on any atom is -0.436 e. The lowest BCUT2D eigenvalue weighted by Gasteiger charge is -1.95. The highest BCUT2D eigenvalue weighted by Gasteiger charge is 2.10. The molecular weight excluding hydrogens is 276 g/mol. The third-order valence-electron chi connectivity index (χ3n) is 3.56. The normalized spacial score (nSPS) is 10.7. The van der Waals surface area contributed by atoms with Crippen molar-refractivity contribution in [3.63, 3.8) is 0 Å². The van der Waals surface area contributed by atoms with Crippen LogP contribution in [0.3, 0.4) is 0 Å². The molecule has 0 aliphatic heterocycles. The smallest absolute Gasteiger partial charge is 0.227 e. The Morgan fingerprint density at radius 3 is 2.59 bits per heavy atom. The first-order valence-corrected chi connectivity index (χ1v) is 6.79. The van der Waals surface area contributed by atoms with Gasteiger partial charge >= 0.3 is 0 Å². The monoisotopic (exact) mass is 286 g/mol. The molecule has 0 aliphatic carbocycles. The Kier molecular flexibility index (Phi) is 2.78. The fourth-order valence-corrected chi connectivity index (χ4v) is 2.51. The molecule has 0 spiro atoms.